The van der Waals surface area contributed by atoms with E-state index in [-0.39, 0.29) is 5.91 Å². The van der Waals surface area contributed by atoms with Gasteiger partial charge in [0.15, 0.2) is 0 Å². The molecule has 1 atom stereocenters. The second-order valence-corrected chi connectivity index (χ2v) is 7.08. The lowest BCUT2D eigenvalue weighted by Gasteiger charge is -2.37. The number of carbonyl (C=O) groups is 1. The average Bonchev–Trinajstić information content (AvgIpc) is 3.17. The van der Waals surface area contributed by atoms with Gasteiger partial charge >= 0.3 is 0 Å². The van der Waals surface area contributed by atoms with Crippen LogP contribution in [0.1, 0.15) is 11.1 Å². The van der Waals surface area contributed by atoms with Crippen LogP contribution in [0.15, 0.2) is 42.9 Å². The maximum Gasteiger partial charge on any atom is 0.239 e. The van der Waals surface area contributed by atoms with E-state index in [1.54, 1.807) is 18.6 Å². The highest BCUT2D eigenvalue weighted by molar-refractivity contribution is 5.84. The molecule has 1 fully saturated rings. The number of rotatable bonds is 4. The Bertz CT molecular complexity index is 930. The van der Waals surface area contributed by atoms with Crippen molar-refractivity contribution in [3.8, 4) is 0 Å². The predicted molar refractivity (Wildman–Crippen MR) is 106 cm³/mol. The number of carbonyl (C=O) groups excluding carboxylic acids is 1. The van der Waals surface area contributed by atoms with Crippen LogP contribution in [0.5, 0.6) is 0 Å². The third kappa shape index (κ3) is 3.64. The highest BCUT2D eigenvalue weighted by Crippen LogP contribution is 2.20. The Hall–Kier alpha value is -2.93. The smallest absolute Gasteiger partial charge is 0.239 e. The number of hydrogen-bond donors (Lipinski definition) is 2. The zero-order valence-corrected chi connectivity index (χ0v) is 15.4. The van der Waals surface area contributed by atoms with Gasteiger partial charge in [-0.2, -0.15) is 5.10 Å². The highest BCUT2D eigenvalue weighted by atomic mass is 16.2. The summed E-state index contributed by atoms with van der Waals surface area (Å²) in [6.07, 6.45) is 5.92. The minimum Gasteiger partial charge on any atom is -0.368 e. The predicted octanol–water partition coefficient (Wildman–Crippen LogP) is 1.48. The molecule has 1 amide bonds. The van der Waals surface area contributed by atoms with E-state index in [4.69, 9.17) is 5.73 Å². The first-order valence-electron chi connectivity index (χ1n) is 9.24. The fourth-order valence-electron chi connectivity index (χ4n) is 3.75. The first kappa shape index (κ1) is 17.5. The van der Waals surface area contributed by atoms with E-state index in [1.165, 1.54) is 0 Å². The van der Waals surface area contributed by atoms with E-state index >= 15 is 0 Å². The van der Waals surface area contributed by atoms with Gasteiger partial charge in [0.1, 0.15) is 0 Å². The van der Waals surface area contributed by atoms with Gasteiger partial charge in [0.25, 0.3) is 0 Å². The number of piperazine rings is 1. The summed E-state index contributed by atoms with van der Waals surface area (Å²) < 4.78 is 0. The number of nitrogens with two attached hydrogens (primary N) is 1. The molecule has 0 saturated carbocycles. The van der Waals surface area contributed by atoms with Crippen molar-refractivity contribution in [2.45, 2.75) is 19.4 Å². The van der Waals surface area contributed by atoms with Crippen LogP contribution in [-0.2, 0) is 11.2 Å². The largest absolute Gasteiger partial charge is 0.368 e. The number of aromatic amines is 1. The molecule has 140 valence electrons. The molecule has 1 aliphatic rings. The number of pyridine rings is 1. The molecule has 1 unspecified atom stereocenters. The number of nitrogens with one attached hydrogen (secondary N) is 1. The number of nitrogens with zero attached hydrogens (tertiary/aromatic N) is 4. The topological polar surface area (TPSA) is 91.1 Å². The van der Waals surface area contributed by atoms with Gasteiger partial charge in [-0.1, -0.05) is 6.07 Å². The van der Waals surface area contributed by atoms with Crippen LogP contribution in [-0.4, -0.2) is 58.2 Å². The highest BCUT2D eigenvalue weighted by Gasteiger charge is 2.25. The van der Waals surface area contributed by atoms with Crippen molar-refractivity contribution in [3.63, 3.8) is 0 Å². The molecule has 0 aliphatic carbocycles. The number of anilines is 1. The Morgan fingerprint density at radius 3 is 2.70 bits per heavy atom. The Labute approximate surface area is 158 Å². The summed E-state index contributed by atoms with van der Waals surface area (Å²) in [7, 11) is 0. The average molecular weight is 364 g/mol. The first-order valence-corrected chi connectivity index (χ1v) is 9.24. The van der Waals surface area contributed by atoms with Gasteiger partial charge in [-0.3, -0.25) is 14.9 Å². The van der Waals surface area contributed by atoms with Crippen molar-refractivity contribution in [2.24, 2.45) is 5.73 Å². The molecule has 1 aromatic carbocycles. The van der Waals surface area contributed by atoms with E-state index in [2.05, 4.69) is 32.2 Å². The summed E-state index contributed by atoms with van der Waals surface area (Å²) >= 11 is 0. The molecule has 0 bridgehead atoms. The van der Waals surface area contributed by atoms with Crippen molar-refractivity contribution in [2.75, 3.05) is 31.1 Å². The minimum absolute atomic E-state index is 0.0225. The van der Waals surface area contributed by atoms with Gasteiger partial charge in [-0.25, -0.2) is 0 Å². The van der Waals surface area contributed by atoms with E-state index < -0.39 is 6.04 Å². The molecular weight excluding hydrogens is 340 g/mol. The number of fused-ring (bicyclic) bond motifs is 1. The molecule has 1 saturated heterocycles. The van der Waals surface area contributed by atoms with E-state index in [0.29, 0.717) is 19.5 Å². The summed E-state index contributed by atoms with van der Waals surface area (Å²) in [5, 5.41) is 8.13. The fourth-order valence-corrected chi connectivity index (χ4v) is 3.75. The number of benzene rings is 1. The number of hydrogen-bond acceptors (Lipinski definition) is 5. The summed E-state index contributed by atoms with van der Waals surface area (Å²) in [4.78, 5) is 21.0. The van der Waals surface area contributed by atoms with Gasteiger partial charge in [0, 0.05) is 49.6 Å². The van der Waals surface area contributed by atoms with Gasteiger partial charge in [0.05, 0.1) is 17.8 Å². The third-order valence-corrected chi connectivity index (χ3v) is 5.20. The van der Waals surface area contributed by atoms with Gasteiger partial charge in [0.2, 0.25) is 5.91 Å². The lowest BCUT2D eigenvalue weighted by molar-refractivity contribution is -0.132. The maximum atomic E-state index is 12.8. The zero-order valence-electron chi connectivity index (χ0n) is 15.4. The van der Waals surface area contributed by atoms with Crippen LogP contribution >= 0.6 is 0 Å². The molecule has 2 aromatic heterocycles. The lowest BCUT2D eigenvalue weighted by atomic mass is 10.0. The van der Waals surface area contributed by atoms with E-state index in [1.807, 2.05) is 24.0 Å². The molecule has 3 N–H and O–H groups in total. The lowest BCUT2D eigenvalue weighted by Crippen LogP contribution is -2.53. The molecule has 4 rings (SSSR count). The van der Waals surface area contributed by atoms with Crippen LogP contribution in [0, 0.1) is 6.92 Å². The van der Waals surface area contributed by atoms with Crippen LogP contribution in [0.4, 0.5) is 5.69 Å². The van der Waals surface area contributed by atoms with Crippen LogP contribution in [0.25, 0.3) is 10.9 Å². The van der Waals surface area contributed by atoms with Crippen molar-refractivity contribution < 1.29 is 4.79 Å². The molecule has 3 heterocycles. The van der Waals surface area contributed by atoms with Crippen molar-refractivity contribution in [1.29, 1.82) is 0 Å². The first-order chi connectivity index (χ1) is 13.1. The number of amides is 1. The minimum atomic E-state index is -0.527. The molecule has 7 heteroatoms. The Morgan fingerprint density at radius 1 is 1.22 bits per heavy atom. The van der Waals surface area contributed by atoms with Crippen LogP contribution in [0.3, 0.4) is 0 Å². The molecule has 3 aromatic rings. The Morgan fingerprint density at radius 2 is 1.96 bits per heavy atom. The SMILES string of the molecule is Cc1cc(CC(N)C(=O)N2CCN(c3ccncc3)CC2)cc2cn[nH]c12. The van der Waals surface area contributed by atoms with Crippen molar-refractivity contribution in [1.82, 2.24) is 20.1 Å². The quantitative estimate of drug-likeness (QED) is 0.732. The van der Waals surface area contributed by atoms with Gasteiger partial charge < -0.3 is 15.5 Å². The standard InChI is InChI=1S/C20H24N6O/c1-14-10-15(11-16-13-23-24-19(14)16)12-18(21)20(27)26-8-6-25(7-9-26)17-2-4-22-5-3-17/h2-5,10-11,13,18H,6-9,12,21H2,1H3,(H,23,24). The van der Waals surface area contributed by atoms with Gasteiger partial charge in [-0.05, 0) is 42.7 Å². The fraction of sp³-hybridized carbons (Fsp3) is 0.350. The second kappa shape index (κ2) is 7.36. The van der Waals surface area contributed by atoms with Gasteiger partial charge in [-0.15, -0.1) is 0 Å². The monoisotopic (exact) mass is 364 g/mol. The molecule has 27 heavy (non-hydrogen) atoms. The summed E-state index contributed by atoms with van der Waals surface area (Å²) in [6, 6.07) is 7.60. The second-order valence-electron chi connectivity index (χ2n) is 7.08. The van der Waals surface area contributed by atoms with Crippen molar-refractivity contribution in [3.05, 3.63) is 54.0 Å². The Balaban J connectivity index is 1.38. The third-order valence-electron chi connectivity index (χ3n) is 5.20. The van der Waals surface area contributed by atoms with E-state index in [0.717, 1.165) is 40.8 Å². The van der Waals surface area contributed by atoms with E-state index in [9.17, 15) is 4.79 Å². The molecule has 0 spiro atoms. The summed E-state index contributed by atoms with van der Waals surface area (Å²) in [6.45, 7) is 5.03. The number of aryl methyl sites for hydroxylation is 1. The number of aromatic nitrogens is 3. The summed E-state index contributed by atoms with van der Waals surface area (Å²) in [5.74, 6) is 0.0225. The maximum absolute atomic E-state index is 12.8. The Kier molecular flexibility index (Phi) is 4.77. The molecule has 0 radical (unpaired) electrons. The zero-order chi connectivity index (χ0) is 18.8. The molecule has 7 nitrogen and oxygen atoms in total. The summed E-state index contributed by atoms with van der Waals surface area (Å²) in [5.41, 5.74) is 10.6. The molecular formula is C20H24N6O. The normalized spacial score (nSPS) is 15.9. The van der Waals surface area contributed by atoms with Crippen LogP contribution < -0.4 is 10.6 Å². The number of H-pyrrole nitrogens is 1. The van der Waals surface area contributed by atoms with Crippen LogP contribution in [0.2, 0.25) is 0 Å². The van der Waals surface area contributed by atoms with Crippen molar-refractivity contribution >= 4 is 22.5 Å². The molecule has 1 aliphatic heterocycles.